The van der Waals surface area contributed by atoms with E-state index in [2.05, 4.69) is 29.4 Å². The number of carbonyl (C=O) groups is 1. The van der Waals surface area contributed by atoms with Crippen LogP contribution in [0.5, 0.6) is 11.5 Å². The highest BCUT2D eigenvalue weighted by Crippen LogP contribution is 2.32. The molecule has 0 saturated carbocycles. The molecule has 0 unspecified atom stereocenters. The Bertz CT molecular complexity index is 1360. The number of ether oxygens (including phenoxy) is 2. The molecule has 0 bridgehead atoms. The molecule has 4 aromatic rings. The third kappa shape index (κ3) is 5.79. The highest BCUT2D eigenvalue weighted by Gasteiger charge is 2.18. The Kier molecular flexibility index (Phi) is 7.79. The van der Waals surface area contributed by atoms with Crippen LogP contribution in [0.1, 0.15) is 39.1 Å². The van der Waals surface area contributed by atoms with E-state index in [4.69, 9.17) is 31.2 Å². The molecule has 190 valence electrons. The zero-order valence-electron chi connectivity index (χ0n) is 21.1. The Labute approximate surface area is 215 Å². The number of carbonyl (C=O) groups excluding carboxylic acids is 1. The summed E-state index contributed by atoms with van der Waals surface area (Å²) < 4.78 is 13.1. The van der Waals surface area contributed by atoms with Crippen LogP contribution in [0.4, 0.5) is 0 Å². The molecular weight excluding hydrogens is 480 g/mol. The molecule has 36 heavy (non-hydrogen) atoms. The molecule has 10 heteroatoms. The second-order valence-corrected chi connectivity index (χ2v) is 9.73. The predicted octanol–water partition coefficient (Wildman–Crippen LogP) is 4.63. The lowest BCUT2D eigenvalue weighted by Gasteiger charge is -2.12. The van der Waals surface area contributed by atoms with Crippen molar-refractivity contribution in [3.05, 3.63) is 52.9 Å². The van der Waals surface area contributed by atoms with Gasteiger partial charge in [-0.05, 0) is 49.6 Å². The first-order chi connectivity index (χ1) is 17.2. The van der Waals surface area contributed by atoms with Crippen molar-refractivity contribution in [3.8, 4) is 22.9 Å². The quantitative estimate of drug-likeness (QED) is 0.322. The molecule has 9 nitrogen and oxygen atoms in total. The molecule has 2 aromatic heterocycles. The standard InChI is InChI=1S/C26H31ClN6O3/c1-15(2)13-33-23(11-17-6-8-20-19(25(17)27)12-28-31-20)30-26(32-33)18-7-9-21(22(10-18)35-5)36-14-24(34)29-16(3)4/h6-10,12,15-16H,11,13-14H2,1-5H3,(H,28,31)(H,29,34). The van der Waals surface area contributed by atoms with E-state index in [0.717, 1.165) is 34.4 Å². The minimum atomic E-state index is -0.192. The van der Waals surface area contributed by atoms with Gasteiger partial charge >= 0.3 is 0 Å². The zero-order chi connectivity index (χ0) is 25.8. The number of aromatic amines is 1. The number of nitrogens with zero attached hydrogens (tertiary/aromatic N) is 4. The molecule has 0 radical (unpaired) electrons. The molecule has 0 saturated heterocycles. The predicted molar refractivity (Wildman–Crippen MR) is 140 cm³/mol. The Balaban J connectivity index is 1.61. The normalized spacial score (nSPS) is 11.4. The fourth-order valence-corrected chi connectivity index (χ4v) is 4.17. The number of benzene rings is 2. The minimum absolute atomic E-state index is 0.0445. The first-order valence-electron chi connectivity index (χ1n) is 11.9. The van der Waals surface area contributed by atoms with Crippen LogP contribution in [0.25, 0.3) is 22.3 Å². The number of hydrogen-bond acceptors (Lipinski definition) is 6. The maximum Gasteiger partial charge on any atom is 0.258 e. The maximum atomic E-state index is 12.0. The summed E-state index contributed by atoms with van der Waals surface area (Å²) in [6.45, 7) is 8.70. The van der Waals surface area contributed by atoms with Crippen molar-refractivity contribution < 1.29 is 14.3 Å². The SMILES string of the molecule is COc1cc(-c2nc(Cc3ccc4[nH]ncc4c3Cl)n(CC(C)C)n2)ccc1OCC(=O)NC(C)C. The molecular formula is C26H31ClN6O3. The average Bonchev–Trinajstić information content (AvgIpc) is 3.46. The van der Waals surface area contributed by atoms with Gasteiger partial charge in [0.05, 0.1) is 23.8 Å². The summed E-state index contributed by atoms with van der Waals surface area (Å²) in [5, 5.41) is 16.2. The summed E-state index contributed by atoms with van der Waals surface area (Å²) >= 11 is 6.68. The largest absolute Gasteiger partial charge is 0.493 e. The molecule has 4 rings (SSSR count). The van der Waals surface area contributed by atoms with Gasteiger partial charge in [0.2, 0.25) is 0 Å². The van der Waals surface area contributed by atoms with E-state index in [9.17, 15) is 4.79 Å². The van der Waals surface area contributed by atoms with E-state index in [-0.39, 0.29) is 18.6 Å². The molecule has 2 heterocycles. The van der Waals surface area contributed by atoms with E-state index >= 15 is 0 Å². The maximum absolute atomic E-state index is 12.0. The van der Waals surface area contributed by atoms with Crippen LogP contribution in [0.3, 0.4) is 0 Å². The van der Waals surface area contributed by atoms with Gasteiger partial charge < -0.3 is 14.8 Å². The van der Waals surface area contributed by atoms with Crippen LogP contribution in [0, 0.1) is 5.92 Å². The number of hydrogen-bond donors (Lipinski definition) is 2. The molecule has 0 aliphatic rings. The molecule has 0 atom stereocenters. The number of methoxy groups -OCH3 is 1. The summed E-state index contributed by atoms with van der Waals surface area (Å²) in [6, 6.07) is 9.45. The van der Waals surface area contributed by atoms with Crippen molar-refractivity contribution in [2.45, 2.75) is 46.7 Å². The van der Waals surface area contributed by atoms with Gasteiger partial charge in [-0.1, -0.05) is 31.5 Å². The van der Waals surface area contributed by atoms with Gasteiger partial charge in [0.1, 0.15) is 5.82 Å². The van der Waals surface area contributed by atoms with Gasteiger partial charge in [0, 0.05) is 30.0 Å². The lowest BCUT2D eigenvalue weighted by Crippen LogP contribution is -2.34. The van der Waals surface area contributed by atoms with Gasteiger partial charge in [-0.2, -0.15) is 10.2 Å². The first kappa shape index (κ1) is 25.5. The Morgan fingerprint density at radius 2 is 1.97 bits per heavy atom. The summed E-state index contributed by atoms with van der Waals surface area (Å²) in [4.78, 5) is 16.8. The van der Waals surface area contributed by atoms with Crippen molar-refractivity contribution >= 4 is 28.4 Å². The Morgan fingerprint density at radius 1 is 1.17 bits per heavy atom. The van der Waals surface area contributed by atoms with Crippen LogP contribution < -0.4 is 14.8 Å². The van der Waals surface area contributed by atoms with Gasteiger partial charge in [-0.15, -0.1) is 0 Å². The monoisotopic (exact) mass is 510 g/mol. The highest BCUT2D eigenvalue weighted by atomic mass is 35.5. The third-order valence-electron chi connectivity index (χ3n) is 5.50. The van der Waals surface area contributed by atoms with Crippen molar-refractivity contribution in [1.82, 2.24) is 30.3 Å². The van der Waals surface area contributed by atoms with E-state index < -0.39 is 0 Å². The number of rotatable bonds is 10. The lowest BCUT2D eigenvalue weighted by atomic mass is 10.1. The number of aromatic nitrogens is 5. The average molecular weight is 511 g/mol. The first-order valence-corrected chi connectivity index (χ1v) is 12.3. The molecule has 0 aliphatic heterocycles. The van der Waals surface area contributed by atoms with E-state index in [1.165, 1.54) is 0 Å². The van der Waals surface area contributed by atoms with Gasteiger partial charge in [0.15, 0.2) is 23.9 Å². The molecule has 0 spiro atoms. The number of amides is 1. The van der Waals surface area contributed by atoms with Crippen LogP contribution in [0.2, 0.25) is 5.02 Å². The van der Waals surface area contributed by atoms with E-state index in [1.54, 1.807) is 19.4 Å². The van der Waals surface area contributed by atoms with Crippen molar-refractivity contribution in [2.24, 2.45) is 5.92 Å². The summed E-state index contributed by atoms with van der Waals surface area (Å²) in [5.74, 6) is 2.55. The highest BCUT2D eigenvalue weighted by molar-refractivity contribution is 6.36. The second kappa shape index (κ2) is 11.0. The summed E-state index contributed by atoms with van der Waals surface area (Å²) in [7, 11) is 1.56. The second-order valence-electron chi connectivity index (χ2n) is 9.35. The molecule has 0 fully saturated rings. The van der Waals surface area contributed by atoms with Gasteiger partial charge in [-0.3, -0.25) is 9.89 Å². The molecule has 0 aliphatic carbocycles. The number of fused-ring (bicyclic) bond motifs is 1. The minimum Gasteiger partial charge on any atom is -0.493 e. The number of nitrogens with one attached hydrogen (secondary N) is 2. The summed E-state index contributed by atoms with van der Waals surface area (Å²) in [5.41, 5.74) is 2.63. The van der Waals surface area contributed by atoms with E-state index in [0.29, 0.717) is 34.7 Å². The van der Waals surface area contributed by atoms with Crippen LogP contribution in [0.15, 0.2) is 36.5 Å². The number of H-pyrrole nitrogens is 1. The fraction of sp³-hybridized carbons (Fsp3) is 0.385. The number of halogens is 1. The van der Waals surface area contributed by atoms with Crippen LogP contribution >= 0.6 is 11.6 Å². The summed E-state index contributed by atoms with van der Waals surface area (Å²) in [6.07, 6.45) is 2.26. The van der Waals surface area contributed by atoms with Crippen molar-refractivity contribution in [3.63, 3.8) is 0 Å². The van der Waals surface area contributed by atoms with Crippen LogP contribution in [-0.2, 0) is 17.8 Å². The molecule has 2 aromatic carbocycles. The van der Waals surface area contributed by atoms with Crippen LogP contribution in [-0.4, -0.2) is 50.6 Å². The molecule has 1 amide bonds. The van der Waals surface area contributed by atoms with Gasteiger partial charge in [0.25, 0.3) is 5.91 Å². The fourth-order valence-electron chi connectivity index (χ4n) is 3.89. The van der Waals surface area contributed by atoms with Crippen molar-refractivity contribution in [2.75, 3.05) is 13.7 Å². The third-order valence-corrected chi connectivity index (χ3v) is 5.95. The zero-order valence-corrected chi connectivity index (χ0v) is 21.9. The lowest BCUT2D eigenvalue weighted by molar-refractivity contribution is -0.123. The molecule has 2 N–H and O–H groups in total. The van der Waals surface area contributed by atoms with Gasteiger partial charge in [-0.25, -0.2) is 9.67 Å². The Hall–Kier alpha value is -3.59. The van der Waals surface area contributed by atoms with Crippen molar-refractivity contribution in [1.29, 1.82) is 0 Å². The van der Waals surface area contributed by atoms with E-state index in [1.807, 2.05) is 42.8 Å². The topological polar surface area (TPSA) is 107 Å². The smallest absolute Gasteiger partial charge is 0.258 e. The Morgan fingerprint density at radius 3 is 2.69 bits per heavy atom.